The Morgan fingerprint density at radius 1 is 1.26 bits per heavy atom. The number of piperidine rings is 1. The van der Waals surface area contributed by atoms with E-state index in [2.05, 4.69) is 33.8 Å². The van der Waals surface area contributed by atoms with Gasteiger partial charge in [-0.05, 0) is 38.0 Å². The van der Waals surface area contributed by atoms with Gasteiger partial charge in [0.25, 0.3) is 0 Å². The van der Waals surface area contributed by atoms with Crippen molar-refractivity contribution >= 4 is 22.4 Å². The van der Waals surface area contributed by atoms with Crippen LogP contribution < -0.4 is 4.90 Å². The standard InChI is InChI=1S/C17H26N4OS/c1-12(2)14-18-19-16(23-14)21-9-7-17(11-21)6-3-8-20(15(17)22)10-13-4-5-13/h12-13H,3-11H2,1-2H3/t17-/m0/s1. The van der Waals surface area contributed by atoms with Crippen molar-refractivity contribution in [2.24, 2.45) is 11.3 Å². The second kappa shape index (κ2) is 5.72. The summed E-state index contributed by atoms with van der Waals surface area (Å²) in [7, 11) is 0. The molecule has 0 aromatic carbocycles. The van der Waals surface area contributed by atoms with Gasteiger partial charge in [-0.25, -0.2) is 0 Å². The van der Waals surface area contributed by atoms with Crippen LogP contribution in [0.5, 0.6) is 0 Å². The highest BCUT2D eigenvalue weighted by Crippen LogP contribution is 2.43. The number of rotatable bonds is 4. The topological polar surface area (TPSA) is 49.3 Å². The summed E-state index contributed by atoms with van der Waals surface area (Å²) in [6.07, 6.45) is 5.79. The van der Waals surface area contributed by atoms with Crippen molar-refractivity contribution in [3.05, 3.63) is 5.01 Å². The van der Waals surface area contributed by atoms with Crippen LogP contribution in [0.15, 0.2) is 0 Å². The largest absolute Gasteiger partial charge is 0.346 e. The van der Waals surface area contributed by atoms with E-state index in [1.807, 2.05) is 0 Å². The fourth-order valence-electron chi connectivity index (χ4n) is 3.94. The van der Waals surface area contributed by atoms with Gasteiger partial charge in [-0.15, -0.1) is 10.2 Å². The molecule has 0 unspecified atom stereocenters. The molecule has 23 heavy (non-hydrogen) atoms. The third-order valence-electron chi connectivity index (χ3n) is 5.55. The minimum Gasteiger partial charge on any atom is -0.346 e. The van der Waals surface area contributed by atoms with Crippen LogP contribution in [0.1, 0.15) is 56.9 Å². The quantitative estimate of drug-likeness (QED) is 0.849. The molecule has 3 aliphatic rings. The van der Waals surface area contributed by atoms with Gasteiger partial charge in [0.1, 0.15) is 5.01 Å². The van der Waals surface area contributed by atoms with E-state index in [9.17, 15) is 4.79 Å². The van der Waals surface area contributed by atoms with Crippen LogP contribution in [0.3, 0.4) is 0 Å². The Kier molecular flexibility index (Phi) is 3.82. The minimum absolute atomic E-state index is 0.156. The Balaban J connectivity index is 1.47. The summed E-state index contributed by atoms with van der Waals surface area (Å²) in [6.45, 7) is 8.03. The molecule has 5 nitrogen and oxygen atoms in total. The molecule has 126 valence electrons. The summed E-state index contributed by atoms with van der Waals surface area (Å²) in [5, 5.41) is 10.8. The van der Waals surface area contributed by atoms with Gasteiger partial charge >= 0.3 is 0 Å². The van der Waals surface area contributed by atoms with Crippen molar-refractivity contribution in [3.8, 4) is 0 Å². The molecule has 0 bridgehead atoms. The van der Waals surface area contributed by atoms with E-state index in [1.54, 1.807) is 11.3 Å². The third kappa shape index (κ3) is 2.86. The molecule has 1 saturated carbocycles. The molecular formula is C17H26N4OS. The molecule has 1 aromatic heterocycles. The van der Waals surface area contributed by atoms with E-state index in [-0.39, 0.29) is 5.41 Å². The molecule has 6 heteroatoms. The molecule has 1 atom stereocenters. The summed E-state index contributed by atoms with van der Waals surface area (Å²) >= 11 is 1.69. The van der Waals surface area contributed by atoms with Gasteiger partial charge in [0, 0.05) is 32.1 Å². The normalized spacial score (nSPS) is 28.4. The highest BCUT2D eigenvalue weighted by Gasteiger charge is 2.49. The van der Waals surface area contributed by atoms with Crippen LogP contribution in [-0.4, -0.2) is 47.2 Å². The van der Waals surface area contributed by atoms with Crippen LogP contribution in [-0.2, 0) is 4.79 Å². The van der Waals surface area contributed by atoms with E-state index in [0.29, 0.717) is 11.8 Å². The van der Waals surface area contributed by atoms with Crippen molar-refractivity contribution in [1.82, 2.24) is 15.1 Å². The molecular weight excluding hydrogens is 308 g/mol. The van der Waals surface area contributed by atoms with Crippen LogP contribution in [0.25, 0.3) is 0 Å². The van der Waals surface area contributed by atoms with E-state index in [4.69, 9.17) is 0 Å². The lowest BCUT2D eigenvalue weighted by Crippen LogP contribution is -2.50. The first kappa shape index (κ1) is 15.4. The zero-order valence-corrected chi connectivity index (χ0v) is 14.9. The maximum Gasteiger partial charge on any atom is 0.230 e. The molecule has 1 spiro atoms. The number of hydrogen-bond acceptors (Lipinski definition) is 5. The van der Waals surface area contributed by atoms with E-state index in [1.165, 1.54) is 12.8 Å². The lowest BCUT2D eigenvalue weighted by atomic mass is 9.78. The van der Waals surface area contributed by atoms with Crippen molar-refractivity contribution in [2.45, 2.75) is 51.9 Å². The maximum absolute atomic E-state index is 13.1. The smallest absolute Gasteiger partial charge is 0.230 e. The van der Waals surface area contributed by atoms with Crippen LogP contribution in [0.2, 0.25) is 0 Å². The first-order valence-electron chi connectivity index (χ1n) is 8.95. The summed E-state index contributed by atoms with van der Waals surface area (Å²) in [6, 6.07) is 0. The molecule has 3 heterocycles. The molecule has 2 saturated heterocycles. The number of amides is 1. The second-order valence-electron chi connectivity index (χ2n) is 7.83. The van der Waals surface area contributed by atoms with Crippen molar-refractivity contribution in [3.63, 3.8) is 0 Å². The molecule has 4 rings (SSSR count). The minimum atomic E-state index is -0.156. The number of hydrogen-bond donors (Lipinski definition) is 0. The Bertz CT molecular complexity index is 597. The monoisotopic (exact) mass is 334 g/mol. The number of carbonyl (C=O) groups excluding carboxylic acids is 1. The number of nitrogens with zero attached hydrogens (tertiary/aromatic N) is 4. The van der Waals surface area contributed by atoms with Gasteiger partial charge in [0.15, 0.2) is 0 Å². The summed E-state index contributed by atoms with van der Waals surface area (Å²) in [5.74, 6) is 1.61. The zero-order valence-electron chi connectivity index (χ0n) is 14.1. The zero-order chi connectivity index (χ0) is 16.0. The van der Waals surface area contributed by atoms with Gasteiger partial charge in [-0.1, -0.05) is 25.2 Å². The van der Waals surface area contributed by atoms with Gasteiger partial charge in [-0.2, -0.15) is 0 Å². The summed E-state index contributed by atoms with van der Waals surface area (Å²) in [5.41, 5.74) is -0.156. The lowest BCUT2D eigenvalue weighted by Gasteiger charge is -2.39. The SMILES string of the molecule is CC(C)c1nnc(N2CC[C@@]3(CCCN(CC4CC4)C3=O)C2)s1. The second-order valence-corrected chi connectivity index (χ2v) is 8.82. The van der Waals surface area contributed by atoms with E-state index >= 15 is 0 Å². The highest BCUT2D eigenvalue weighted by molar-refractivity contribution is 7.15. The Hall–Kier alpha value is -1.17. The first-order chi connectivity index (χ1) is 11.1. The fourth-order valence-corrected chi connectivity index (χ4v) is 4.81. The molecule has 1 amide bonds. The maximum atomic E-state index is 13.1. The average Bonchev–Trinajstić information content (AvgIpc) is 3.04. The van der Waals surface area contributed by atoms with Gasteiger partial charge in [0.05, 0.1) is 5.41 Å². The molecule has 0 N–H and O–H groups in total. The van der Waals surface area contributed by atoms with Crippen LogP contribution >= 0.6 is 11.3 Å². The van der Waals surface area contributed by atoms with E-state index in [0.717, 1.165) is 61.5 Å². The van der Waals surface area contributed by atoms with Crippen LogP contribution in [0, 0.1) is 11.3 Å². The predicted molar refractivity (Wildman–Crippen MR) is 91.8 cm³/mol. The average molecular weight is 334 g/mol. The summed E-state index contributed by atoms with van der Waals surface area (Å²) < 4.78 is 0. The third-order valence-corrected chi connectivity index (χ3v) is 6.83. The molecule has 3 fully saturated rings. The van der Waals surface area contributed by atoms with Gasteiger partial charge in [-0.3, -0.25) is 4.79 Å². The predicted octanol–water partition coefficient (Wildman–Crippen LogP) is 2.89. The molecule has 1 aliphatic carbocycles. The Morgan fingerprint density at radius 2 is 2.09 bits per heavy atom. The lowest BCUT2D eigenvalue weighted by molar-refractivity contribution is -0.145. The Labute approximate surface area is 142 Å². The number of likely N-dealkylation sites (tertiary alicyclic amines) is 1. The van der Waals surface area contributed by atoms with Crippen molar-refractivity contribution < 1.29 is 4.79 Å². The molecule has 2 aliphatic heterocycles. The Morgan fingerprint density at radius 3 is 2.78 bits per heavy atom. The number of aromatic nitrogens is 2. The number of carbonyl (C=O) groups is 1. The molecule has 0 radical (unpaired) electrons. The van der Waals surface area contributed by atoms with Gasteiger partial charge in [0.2, 0.25) is 11.0 Å². The molecule has 1 aromatic rings. The number of anilines is 1. The van der Waals surface area contributed by atoms with Crippen molar-refractivity contribution in [1.29, 1.82) is 0 Å². The van der Waals surface area contributed by atoms with Gasteiger partial charge < -0.3 is 9.80 Å². The fraction of sp³-hybridized carbons (Fsp3) is 0.824. The summed E-state index contributed by atoms with van der Waals surface area (Å²) in [4.78, 5) is 17.5. The first-order valence-corrected chi connectivity index (χ1v) is 9.77. The highest BCUT2D eigenvalue weighted by atomic mass is 32.1. The van der Waals surface area contributed by atoms with E-state index < -0.39 is 0 Å². The van der Waals surface area contributed by atoms with Crippen molar-refractivity contribution in [2.75, 3.05) is 31.1 Å². The van der Waals surface area contributed by atoms with Crippen LogP contribution in [0.4, 0.5) is 5.13 Å².